The van der Waals surface area contributed by atoms with Crippen LogP contribution in [0.25, 0.3) is 5.69 Å². The molecule has 39 heavy (non-hydrogen) atoms. The fraction of sp³-hybridized carbons (Fsp3) is 0.423. The molecule has 0 aliphatic carbocycles. The summed E-state index contributed by atoms with van der Waals surface area (Å²) in [6, 6.07) is 7.35. The Labute approximate surface area is 234 Å². The van der Waals surface area contributed by atoms with Crippen LogP contribution in [0.1, 0.15) is 54.1 Å². The molecule has 0 fully saturated rings. The largest absolute Gasteiger partial charge is 0.538 e. The fourth-order valence-corrected chi connectivity index (χ4v) is 6.04. The highest BCUT2D eigenvalue weighted by Gasteiger charge is 2.34. The first kappa shape index (κ1) is 28.4. The van der Waals surface area contributed by atoms with Crippen LogP contribution in [0.5, 0.6) is 5.95 Å². The van der Waals surface area contributed by atoms with Crippen molar-refractivity contribution in [3.8, 4) is 11.6 Å². The number of methoxy groups -OCH3 is 1. The molecule has 0 saturated carbocycles. The molecule has 0 radical (unpaired) electrons. The number of carbonyl (C=O) groups is 3. The molecule has 1 aliphatic heterocycles. The summed E-state index contributed by atoms with van der Waals surface area (Å²) in [5, 5.41) is 18.8. The van der Waals surface area contributed by atoms with Crippen molar-refractivity contribution < 1.29 is 38.2 Å². The van der Waals surface area contributed by atoms with Gasteiger partial charge in [0, 0.05) is 23.6 Å². The molecule has 1 atom stereocenters. The van der Waals surface area contributed by atoms with Crippen molar-refractivity contribution in [3.63, 3.8) is 0 Å². The first-order valence-electron chi connectivity index (χ1n) is 12.2. The Bertz CT molecular complexity index is 1390. The molecule has 0 bridgehead atoms. The summed E-state index contributed by atoms with van der Waals surface area (Å²) >= 11 is 2.21. The molecule has 4 rings (SSSR count). The predicted octanol–water partition coefficient (Wildman–Crippen LogP) is 3.59. The number of amides is 2. The van der Waals surface area contributed by atoms with Crippen LogP contribution in [0.15, 0.2) is 33.8 Å². The number of thioether (sulfide) groups is 1. The van der Waals surface area contributed by atoms with E-state index in [1.807, 2.05) is 19.1 Å². The van der Waals surface area contributed by atoms with Crippen LogP contribution in [-0.2, 0) is 27.2 Å². The molecule has 3 aromatic rings. The number of benzene rings is 1. The molecule has 13 heteroatoms. The third-order valence-electron chi connectivity index (χ3n) is 5.84. The summed E-state index contributed by atoms with van der Waals surface area (Å²) in [5.74, 6) is -1.67. The maximum absolute atomic E-state index is 13.2. The van der Waals surface area contributed by atoms with Crippen molar-refractivity contribution >= 4 is 46.1 Å². The van der Waals surface area contributed by atoms with Crippen LogP contribution >= 0.6 is 23.1 Å². The van der Waals surface area contributed by atoms with Gasteiger partial charge in [-0.3, -0.25) is 4.79 Å². The predicted molar refractivity (Wildman–Crippen MR) is 142 cm³/mol. The number of ether oxygens (including phenoxy) is 2. The molecule has 3 heterocycles. The van der Waals surface area contributed by atoms with Gasteiger partial charge >= 0.3 is 12.1 Å². The minimum absolute atomic E-state index is 0.146. The van der Waals surface area contributed by atoms with Gasteiger partial charge in [-0.05, 0) is 63.0 Å². The molecule has 0 spiro atoms. The smallest absolute Gasteiger partial charge is 0.410 e. The minimum atomic E-state index is -0.739. The molecule has 1 aliphatic rings. The second-order valence-electron chi connectivity index (χ2n) is 10.0. The molecule has 2 aromatic heterocycles. The lowest BCUT2D eigenvalue weighted by molar-refractivity contribution is -0.705. The van der Waals surface area contributed by atoms with Gasteiger partial charge in [-0.2, -0.15) is 0 Å². The maximum atomic E-state index is 13.2. The Morgan fingerprint density at radius 3 is 2.59 bits per heavy atom. The van der Waals surface area contributed by atoms with Crippen molar-refractivity contribution in [2.75, 3.05) is 19.0 Å². The maximum Gasteiger partial charge on any atom is 0.410 e. The van der Waals surface area contributed by atoms with Crippen LogP contribution in [-0.4, -0.2) is 52.6 Å². The van der Waals surface area contributed by atoms with Gasteiger partial charge < -0.3 is 29.3 Å². The number of thiophene rings is 1. The van der Waals surface area contributed by atoms with E-state index in [1.165, 1.54) is 23.1 Å². The molecule has 11 nitrogen and oxygen atoms in total. The lowest BCUT2D eigenvalue weighted by Gasteiger charge is -2.30. The van der Waals surface area contributed by atoms with Crippen LogP contribution in [0, 0.1) is 6.92 Å². The van der Waals surface area contributed by atoms with Crippen molar-refractivity contribution in [2.45, 2.75) is 63.5 Å². The van der Waals surface area contributed by atoms with Gasteiger partial charge in [0.1, 0.15) is 10.6 Å². The second-order valence-corrected chi connectivity index (χ2v) is 12.4. The van der Waals surface area contributed by atoms with Crippen LogP contribution in [0.2, 0.25) is 0 Å². The SMILES string of the molecule is COC(=O)c1c(NC(=O)C(C)Sc2c([O-])on[n+]2-c2ccc(C)cc2)sc2c1CCN(C(=O)OC(C)(C)C)C2. The van der Waals surface area contributed by atoms with E-state index < -0.39 is 34.8 Å². The zero-order valence-electron chi connectivity index (χ0n) is 22.5. The Hall–Kier alpha value is -3.58. The van der Waals surface area contributed by atoms with Gasteiger partial charge in [0.05, 0.1) is 29.7 Å². The third kappa shape index (κ3) is 6.36. The summed E-state index contributed by atoms with van der Waals surface area (Å²) in [4.78, 5) is 40.9. The number of aryl methyl sites for hydroxylation is 1. The second kappa shape index (κ2) is 11.3. The zero-order valence-corrected chi connectivity index (χ0v) is 24.2. The highest BCUT2D eigenvalue weighted by molar-refractivity contribution is 8.00. The van der Waals surface area contributed by atoms with E-state index in [2.05, 4.69) is 10.6 Å². The van der Waals surface area contributed by atoms with Gasteiger partial charge in [-0.25, -0.2) is 9.59 Å². The molecule has 2 amide bonds. The number of rotatable bonds is 6. The number of carbonyl (C=O) groups excluding carboxylic acids is 3. The first-order valence-corrected chi connectivity index (χ1v) is 13.9. The number of hydrogen-bond donors (Lipinski definition) is 1. The number of hydrogen-bond acceptors (Lipinski definition) is 10. The van der Waals surface area contributed by atoms with E-state index in [9.17, 15) is 19.5 Å². The Morgan fingerprint density at radius 2 is 1.95 bits per heavy atom. The standard InChI is InChI=1S/C26H30N4O7S2/c1-14-7-9-16(10-8-14)30-22(24(33)37-28-30)38-15(2)20(31)27-21-19(23(32)35-6)17-11-12-29(13-18(17)39-21)25(34)36-26(3,4)5/h7-10,15H,11-13H2,1-6H3,(H-,27,28,31,32,33). The van der Waals surface area contributed by atoms with E-state index in [-0.39, 0.29) is 17.1 Å². The van der Waals surface area contributed by atoms with E-state index in [1.54, 1.807) is 44.7 Å². The Balaban J connectivity index is 1.54. The summed E-state index contributed by atoms with van der Waals surface area (Å²) in [7, 11) is 1.28. The monoisotopic (exact) mass is 574 g/mol. The summed E-state index contributed by atoms with van der Waals surface area (Å²) in [6.45, 7) is 9.58. The van der Waals surface area contributed by atoms with Crippen LogP contribution < -0.4 is 15.1 Å². The first-order chi connectivity index (χ1) is 18.4. The molecule has 1 aromatic carbocycles. The average molecular weight is 575 g/mol. The topological polar surface area (TPSA) is 138 Å². The van der Waals surface area contributed by atoms with Crippen molar-refractivity contribution in [1.29, 1.82) is 0 Å². The lowest BCUT2D eigenvalue weighted by atomic mass is 10.0. The molecular weight excluding hydrogens is 544 g/mol. The summed E-state index contributed by atoms with van der Waals surface area (Å²) < 4.78 is 16.7. The molecule has 1 N–H and O–H groups in total. The van der Waals surface area contributed by atoms with Gasteiger partial charge in [0.25, 0.3) is 5.03 Å². The highest BCUT2D eigenvalue weighted by Crippen LogP contribution is 2.38. The van der Waals surface area contributed by atoms with Crippen LogP contribution in [0.4, 0.5) is 9.80 Å². The van der Waals surface area contributed by atoms with Crippen molar-refractivity contribution in [1.82, 2.24) is 10.2 Å². The van der Waals surface area contributed by atoms with E-state index in [0.717, 1.165) is 27.8 Å². The average Bonchev–Trinajstić information content (AvgIpc) is 3.42. The third-order valence-corrected chi connectivity index (χ3v) is 8.11. The number of nitrogens with zero attached hydrogens (tertiary/aromatic N) is 3. The van der Waals surface area contributed by atoms with Gasteiger partial charge in [-0.15, -0.1) is 11.3 Å². The van der Waals surface area contributed by atoms with E-state index in [4.69, 9.17) is 14.0 Å². The summed E-state index contributed by atoms with van der Waals surface area (Å²) in [6.07, 6.45) is -0.0345. The molecule has 1 unspecified atom stereocenters. The molecule has 208 valence electrons. The number of nitrogens with one attached hydrogen (secondary N) is 1. The fourth-order valence-electron chi connectivity index (χ4n) is 3.92. The zero-order chi connectivity index (χ0) is 28.5. The van der Waals surface area contributed by atoms with Crippen molar-refractivity contribution in [2.24, 2.45) is 0 Å². The van der Waals surface area contributed by atoms with Gasteiger partial charge in [-0.1, -0.05) is 17.7 Å². The number of fused-ring (bicyclic) bond motifs is 1. The van der Waals surface area contributed by atoms with Gasteiger partial charge in [0.2, 0.25) is 11.6 Å². The van der Waals surface area contributed by atoms with E-state index >= 15 is 0 Å². The number of esters is 1. The Kier molecular flexibility index (Phi) is 8.21. The van der Waals surface area contributed by atoms with Gasteiger partial charge in [0.15, 0.2) is 5.95 Å². The normalized spacial score (nSPS) is 13.9. The molecule has 0 saturated heterocycles. The highest BCUT2D eigenvalue weighted by atomic mass is 32.2. The number of aromatic nitrogens is 2. The molecular formula is C26H30N4O7S2. The van der Waals surface area contributed by atoms with Crippen LogP contribution in [0.3, 0.4) is 0 Å². The number of anilines is 1. The lowest BCUT2D eigenvalue weighted by Crippen LogP contribution is -2.39. The summed E-state index contributed by atoms with van der Waals surface area (Å²) in [5.41, 5.74) is 2.04. The minimum Gasteiger partial charge on any atom is -0.538 e. The Morgan fingerprint density at radius 1 is 1.26 bits per heavy atom. The quantitative estimate of drug-likeness (QED) is 0.266. The van der Waals surface area contributed by atoms with Crippen molar-refractivity contribution in [3.05, 3.63) is 45.8 Å². The van der Waals surface area contributed by atoms with E-state index in [0.29, 0.717) is 23.7 Å².